The van der Waals surface area contributed by atoms with Gasteiger partial charge in [0.2, 0.25) is 5.89 Å². The summed E-state index contributed by atoms with van der Waals surface area (Å²) in [5, 5.41) is 10.3. The van der Waals surface area contributed by atoms with Gasteiger partial charge in [-0.05, 0) is 25.3 Å². The van der Waals surface area contributed by atoms with Crippen LogP contribution in [-0.4, -0.2) is 42.3 Å². The van der Waals surface area contributed by atoms with Gasteiger partial charge >= 0.3 is 0 Å². The second-order valence-electron chi connectivity index (χ2n) is 6.24. The van der Waals surface area contributed by atoms with E-state index in [-0.39, 0.29) is 0 Å². The lowest BCUT2D eigenvalue weighted by Crippen LogP contribution is -2.38. The van der Waals surface area contributed by atoms with Crippen molar-refractivity contribution in [3.8, 4) is 0 Å². The highest BCUT2D eigenvalue weighted by atomic mass is 16.5. The number of nitrogens with one attached hydrogen (secondary N) is 2. The summed E-state index contributed by atoms with van der Waals surface area (Å²) >= 11 is 0. The fourth-order valence-corrected chi connectivity index (χ4v) is 2.32. The van der Waals surface area contributed by atoms with Gasteiger partial charge in [0.15, 0.2) is 11.8 Å². The summed E-state index contributed by atoms with van der Waals surface area (Å²) in [5.74, 6) is 2.42. The molecule has 1 atom stereocenters. The molecule has 2 aromatic rings. The molecule has 7 nitrogen and oxygen atoms in total. The molecule has 0 saturated heterocycles. The van der Waals surface area contributed by atoms with Crippen LogP contribution < -0.4 is 10.6 Å². The molecule has 0 aliphatic carbocycles. The number of aryl methyl sites for hydroxylation is 1. The van der Waals surface area contributed by atoms with Gasteiger partial charge in [-0.1, -0.05) is 42.4 Å². The number of guanidine groups is 1. The summed E-state index contributed by atoms with van der Waals surface area (Å²) < 4.78 is 10.9. The van der Waals surface area contributed by atoms with Crippen LogP contribution in [0.5, 0.6) is 0 Å². The van der Waals surface area contributed by atoms with E-state index in [2.05, 4.69) is 44.8 Å². The Hall–Kier alpha value is -2.41. The van der Waals surface area contributed by atoms with Crippen molar-refractivity contribution < 1.29 is 9.26 Å². The summed E-state index contributed by atoms with van der Waals surface area (Å²) in [7, 11) is 0. The van der Waals surface area contributed by atoms with Crippen molar-refractivity contribution in [1.29, 1.82) is 0 Å². The molecule has 1 aromatic carbocycles. The molecule has 0 radical (unpaired) electrons. The van der Waals surface area contributed by atoms with E-state index in [1.54, 1.807) is 0 Å². The molecular formula is C19H29N5O2. The lowest BCUT2D eigenvalue weighted by Gasteiger charge is -2.13. The molecule has 0 spiro atoms. The van der Waals surface area contributed by atoms with Crippen molar-refractivity contribution in [3.05, 3.63) is 47.6 Å². The van der Waals surface area contributed by atoms with Crippen LogP contribution in [0.3, 0.4) is 0 Å². The second-order valence-corrected chi connectivity index (χ2v) is 6.24. The van der Waals surface area contributed by atoms with E-state index in [0.29, 0.717) is 50.4 Å². The quantitative estimate of drug-likeness (QED) is 0.500. The molecule has 2 rings (SSSR count). The van der Waals surface area contributed by atoms with Gasteiger partial charge in [0.25, 0.3) is 0 Å². The molecule has 1 aromatic heterocycles. The first-order valence-electron chi connectivity index (χ1n) is 9.10. The fraction of sp³-hybridized carbons (Fsp3) is 0.526. The minimum Gasteiger partial charge on any atom is -0.376 e. The molecule has 142 valence electrons. The molecule has 7 heteroatoms. The van der Waals surface area contributed by atoms with E-state index in [1.807, 2.05) is 32.0 Å². The Bertz CT molecular complexity index is 657. The van der Waals surface area contributed by atoms with Crippen LogP contribution in [0.1, 0.15) is 31.1 Å². The van der Waals surface area contributed by atoms with Crippen LogP contribution >= 0.6 is 0 Å². The molecule has 2 N–H and O–H groups in total. The van der Waals surface area contributed by atoms with Gasteiger partial charge in [-0.15, -0.1) is 0 Å². The monoisotopic (exact) mass is 359 g/mol. The predicted molar refractivity (Wildman–Crippen MR) is 102 cm³/mol. The molecule has 1 unspecified atom stereocenters. The van der Waals surface area contributed by atoms with Crippen molar-refractivity contribution in [3.63, 3.8) is 0 Å². The maximum absolute atomic E-state index is 5.78. The summed E-state index contributed by atoms with van der Waals surface area (Å²) in [6.45, 7) is 9.51. The molecule has 26 heavy (non-hydrogen) atoms. The van der Waals surface area contributed by atoms with Gasteiger partial charge < -0.3 is 19.9 Å². The largest absolute Gasteiger partial charge is 0.376 e. The van der Waals surface area contributed by atoms with E-state index in [4.69, 9.17) is 9.26 Å². The van der Waals surface area contributed by atoms with E-state index >= 15 is 0 Å². The molecule has 0 bridgehead atoms. The number of ether oxygens (including phenoxy) is 1. The number of nitrogens with zero attached hydrogens (tertiary/aromatic N) is 3. The third-order valence-corrected chi connectivity index (χ3v) is 3.62. The topological polar surface area (TPSA) is 84.6 Å². The maximum Gasteiger partial charge on any atom is 0.228 e. The zero-order chi connectivity index (χ0) is 18.6. The summed E-state index contributed by atoms with van der Waals surface area (Å²) in [4.78, 5) is 8.82. The van der Waals surface area contributed by atoms with Crippen LogP contribution in [0.25, 0.3) is 0 Å². The van der Waals surface area contributed by atoms with Crippen LogP contribution in [0.15, 0.2) is 39.8 Å². The van der Waals surface area contributed by atoms with Gasteiger partial charge in [-0.3, -0.25) is 4.99 Å². The van der Waals surface area contributed by atoms with Gasteiger partial charge in [-0.25, -0.2) is 0 Å². The first-order valence-corrected chi connectivity index (χ1v) is 9.10. The number of benzene rings is 1. The highest BCUT2D eigenvalue weighted by Gasteiger charge is 2.05. The van der Waals surface area contributed by atoms with Gasteiger partial charge in [0, 0.05) is 26.1 Å². The van der Waals surface area contributed by atoms with Crippen LogP contribution in [-0.2, 0) is 17.8 Å². The predicted octanol–water partition coefficient (Wildman–Crippen LogP) is 2.33. The van der Waals surface area contributed by atoms with Crippen LogP contribution in [0, 0.1) is 12.8 Å². The maximum atomic E-state index is 5.78. The normalized spacial score (nSPS) is 12.8. The minimum atomic E-state index is 0.341. The minimum absolute atomic E-state index is 0.341. The molecule has 1 heterocycles. The van der Waals surface area contributed by atoms with E-state index in [0.717, 1.165) is 12.5 Å². The Morgan fingerprint density at radius 2 is 2.08 bits per heavy atom. The number of hydrogen-bond donors (Lipinski definition) is 2. The zero-order valence-electron chi connectivity index (χ0n) is 15.9. The third kappa shape index (κ3) is 7.65. The summed E-state index contributed by atoms with van der Waals surface area (Å²) in [6, 6.07) is 10.2. The number of hydrogen-bond acceptors (Lipinski definition) is 5. The lowest BCUT2D eigenvalue weighted by molar-refractivity contribution is 0.0945. The molecular weight excluding hydrogens is 330 g/mol. The van der Waals surface area contributed by atoms with Gasteiger partial charge in [0.05, 0.1) is 13.2 Å². The van der Waals surface area contributed by atoms with Crippen LogP contribution in [0.2, 0.25) is 0 Å². The molecule has 0 aliphatic heterocycles. The number of rotatable bonds is 10. The second kappa shape index (κ2) is 11.3. The fourth-order valence-electron chi connectivity index (χ4n) is 2.32. The molecule has 0 saturated carbocycles. The SMILES string of the molecule is CCNC(=NCC(C)COCc1ccccc1)NCCc1nc(C)no1. The van der Waals surface area contributed by atoms with Crippen molar-refractivity contribution in [1.82, 2.24) is 20.8 Å². The van der Waals surface area contributed by atoms with Gasteiger partial charge in [0.1, 0.15) is 0 Å². The number of aliphatic imine (C=N–C) groups is 1. The Labute approximate surface area is 155 Å². The van der Waals surface area contributed by atoms with E-state index < -0.39 is 0 Å². The first-order chi connectivity index (χ1) is 12.7. The standard InChI is InChI=1S/C19H29N5O2/c1-4-20-19(21-11-10-18-23-16(3)24-26-18)22-12-15(2)13-25-14-17-8-6-5-7-9-17/h5-9,15H,4,10-14H2,1-3H3,(H2,20,21,22). The average Bonchev–Trinajstić information content (AvgIpc) is 3.06. The molecule has 0 aliphatic rings. The highest BCUT2D eigenvalue weighted by Crippen LogP contribution is 2.03. The van der Waals surface area contributed by atoms with Crippen molar-refractivity contribution in [2.75, 3.05) is 26.2 Å². The zero-order valence-corrected chi connectivity index (χ0v) is 15.9. The van der Waals surface area contributed by atoms with Crippen LogP contribution in [0.4, 0.5) is 0 Å². The summed E-state index contributed by atoms with van der Waals surface area (Å²) in [5.41, 5.74) is 1.19. The summed E-state index contributed by atoms with van der Waals surface area (Å²) in [6.07, 6.45) is 0.668. The average molecular weight is 359 g/mol. The van der Waals surface area contributed by atoms with Crippen molar-refractivity contribution in [2.45, 2.75) is 33.8 Å². The van der Waals surface area contributed by atoms with Gasteiger partial charge in [-0.2, -0.15) is 4.98 Å². The number of aromatic nitrogens is 2. The smallest absolute Gasteiger partial charge is 0.228 e. The first kappa shape index (κ1) is 19.9. The lowest BCUT2D eigenvalue weighted by atomic mass is 10.2. The Kier molecular flexibility index (Phi) is 8.62. The molecule has 0 fully saturated rings. The Morgan fingerprint density at radius 3 is 2.77 bits per heavy atom. The van der Waals surface area contributed by atoms with E-state index in [1.165, 1.54) is 5.56 Å². The van der Waals surface area contributed by atoms with Crippen molar-refractivity contribution >= 4 is 5.96 Å². The Balaban J connectivity index is 1.68. The van der Waals surface area contributed by atoms with E-state index in [9.17, 15) is 0 Å². The third-order valence-electron chi connectivity index (χ3n) is 3.62. The van der Waals surface area contributed by atoms with Crippen molar-refractivity contribution in [2.24, 2.45) is 10.9 Å². The molecule has 0 amide bonds. The Morgan fingerprint density at radius 1 is 1.27 bits per heavy atom. The highest BCUT2D eigenvalue weighted by molar-refractivity contribution is 5.79.